The second-order valence-electron chi connectivity index (χ2n) is 7.30. The molecule has 0 aromatic carbocycles. The highest BCUT2D eigenvalue weighted by molar-refractivity contribution is 5.91. The molecule has 1 aliphatic rings. The van der Waals surface area contributed by atoms with Gasteiger partial charge in [0.05, 0.1) is 7.11 Å². The first-order valence-corrected chi connectivity index (χ1v) is 11.5. The summed E-state index contributed by atoms with van der Waals surface area (Å²) in [5, 5.41) is 0. The van der Waals surface area contributed by atoms with Crippen molar-refractivity contribution in [3.8, 4) is 0 Å². The van der Waals surface area contributed by atoms with Crippen LogP contribution >= 0.6 is 0 Å². The lowest BCUT2D eigenvalue weighted by Gasteiger charge is -2.43. The van der Waals surface area contributed by atoms with E-state index in [9.17, 15) is 28.8 Å². The van der Waals surface area contributed by atoms with Gasteiger partial charge in [0.15, 0.2) is 12.2 Å². The molecule has 0 bridgehead atoms. The highest BCUT2D eigenvalue weighted by atomic mass is 16.7. The highest BCUT2D eigenvalue weighted by Gasteiger charge is 2.54. The number of ether oxygens (including phenoxy) is 7. The maximum atomic E-state index is 12.2. The third-order valence-electron chi connectivity index (χ3n) is 4.74. The molecule has 0 aliphatic carbocycles. The molecule has 0 radical (unpaired) electrons. The van der Waals surface area contributed by atoms with E-state index >= 15 is 0 Å². The summed E-state index contributed by atoms with van der Waals surface area (Å²) in [6.07, 6.45) is -5.85. The van der Waals surface area contributed by atoms with Gasteiger partial charge in [-0.05, 0) is 0 Å². The molecule has 0 unspecified atom stereocenters. The van der Waals surface area contributed by atoms with Crippen LogP contribution in [0.2, 0.25) is 0 Å². The van der Waals surface area contributed by atoms with E-state index in [0.29, 0.717) is 0 Å². The van der Waals surface area contributed by atoms with E-state index in [4.69, 9.17) is 28.4 Å². The zero-order valence-electron chi connectivity index (χ0n) is 20.9. The van der Waals surface area contributed by atoms with Gasteiger partial charge in [0.2, 0.25) is 12.4 Å². The molecule has 5 atom stereocenters. The lowest BCUT2D eigenvalue weighted by molar-refractivity contribution is -0.301. The van der Waals surface area contributed by atoms with Crippen LogP contribution in [0.25, 0.3) is 0 Å². The van der Waals surface area contributed by atoms with Crippen LogP contribution in [0.5, 0.6) is 0 Å². The van der Waals surface area contributed by atoms with Crippen molar-refractivity contribution in [2.45, 2.75) is 84.1 Å². The van der Waals surface area contributed by atoms with E-state index in [-0.39, 0.29) is 25.7 Å². The minimum absolute atomic E-state index is 0.0556. The molecule has 0 aromatic rings. The van der Waals surface area contributed by atoms with Crippen LogP contribution in [-0.4, -0.2) is 80.2 Å². The molecular weight excluding hydrogens is 484 g/mol. The molecule has 0 amide bonds. The van der Waals surface area contributed by atoms with Crippen LogP contribution in [0, 0.1) is 0 Å². The fraction of sp³-hybridized carbons (Fsp3) is 0.652. The minimum atomic E-state index is -1.58. The van der Waals surface area contributed by atoms with Gasteiger partial charge < -0.3 is 33.2 Å². The molecule has 0 saturated carbocycles. The van der Waals surface area contributed by atoms with Crippen molar-refractivity contribution < 1.29 is 61.9 Å². The smallest absolute Gasteiger partial charge is 0.331 e. The highest BCUT2D eigenvalue weighted by Crippen LogP contribution is 2.30. The van der Waals surface area contributed by atoms with Crippen molar-refractivity contribution in [1.29, 1.82) is 0 Å². The lowest BCUT2D eigenvalue weighted by atomic mass is 9.98. The van der Waals surface area contributed by atoms with E-state index in [1.54, 1.807) is 0 Å². The summed E-state index contributed by atoms with van der Waals surface area (Å²) in [6, 6.07) is 0. The molecule has 13 nitrogen and oxygen atoms in total. The standard InChI is InChI=1S/C23H32O13/c1-6-14(24)33-20-13(12-31-19(29)11-10-18(28)30-5)32-23(36-17(27)9-4)22(35-16(26)8-3)21(20)34-15(25)7-2/h10-11,13,20-23H,6-9,12H2,1-5H3/b11-10+/t13-,20-,21+,22-,23-/m1/s1. The van der Waals surface area contributed by atoms with Gasteiger partial charge in [0, 0.05) is 37.8 Å². The molecule has 0 spiro atoms. The zero-order chi connectivity index (χ0) is 27.3. The van der Waals surface area contributed by atoms with Crippen LogP contribution in [0.15, 0.2) is 12.2 Å². The third kappa shape index (κ3) is 9.64. The second-order valence-corrected chi connectivity index (χ2v) is 7.30. The van der Waals surface area contributed by atoms with E-state index in [0.717, 1.165) is 19.3 Å². The first-order valence-electron chi connectivity index (χ1n) is 11.5. The number of carbonyl (C=O) groups excluding carboxylic acids is 6. The van der Waals surface area contributed by atoms with Gasteiger partial charge in [-0.3, -0.25) is 19.2 Å². The summed E-state index contributed by atoms with van der Waals surface area (Å²) in [6.45, 7) is 5.51. The number of methoxy groups -OCH3 is 1. The summed E-state index contributed by atoms with van der Waals surface area (Å²) in [5.41, 5.74) is 0. The molecule has 1 fully saturated rings. The van der Waals surface area contributed by atoms with Gasteiger partial charge >= 0.3 is 35.8 Å². The Labute approximate surface area is 208 Å². The van der Waals surface area contributed by atoms with Crippen LogP contribution in [0.4, 0.5) is 0 Å². The van der Waals surface area contributed by atoms with Gasteiger partial charge in [-0.2, -0.15) is 0 Å². The number of rotatable bonds is 12. The SMILES string of the molecule is CCC(=O)O[C@H]1O[C@H](COC(=O)/C=C/C(=O)OC)[C@@H](OC(=O)CC)[C@H](OC(=O)CC)[C@H]1OC(=O)CC. The topological polar surface area (TPSA) is 167 Å². The monoisotopic (exact) mass is 516 g/mol. The number of esters is 6. The van der Waals surface area contributed by atoms with Crippen LogP contribution in [0.1, 0.15) is 53.4 Å². The molecular formula is C23H32O13. The molecule has 202 valence electrons. The number of hydrogen-bond donors (Lipinski definition) is 0. The van der Waals surface area contributed by atoms with Crippen LogP contribution < -0.4 is 0 Å². The first kappa shape index (κ1) is 30.6. The molecule has 1 rings (SSSR count). The van der Waals surface area contributed by atoms with E-state index in [2.05, 4.69) is 4.74 Å². The predicted molar refractivity (Wildman–Crippen MR) is 118 cm³/mol. The Morgan fingerprint density at radius 1 is 0.639 bits per heavy atom. The number of hydrogen-bond acceptors (Lipinski definition) is 13. The Kier molecular flexibility index (Phi) is 13.2. The maximum absolute atomic E-state index is 12.2. The summed E-state index contributed by atoms with van der Waals surface area (Å²) in [7, 11) is 1.12. The first-order chi connectivity index (χ1) is 17.1. The summed E-state index contributed by atoms with van der Waals surface area (Å²) >= 11 is 0. The Hall–Kier alpha value is -3.48. The number of carbonyl (C=O) groups is 6. The second kappa shape index (κ2) is 15.5. The van der Waals surface area contributed by atoms with Gasteiger partial charge in [-0.15, -0.1) is 0 Å². The molecule has 0 N–H and O–H groups in total. The Morgan fingerprint density at radius 3 is 1.58 bits per heavy atom. The average Bonchev–Trinajstić information content (AvgIpc) is 2.88. The van der Waals surface area contributed by atoms with Crippen molar-refractivity contribution in [3.63, 3.8) is 0 Å². The van der Waals surface area contributed by atoms with Crippen molar-refractivity contribution in [1.82, 2.24) is 0 Å². The predicted octanol–water partition coefficient (Wildman–Crippen LogP) is 0.902. The molecule has 0 aromatic heterocycles. The van der Waals surface area contributed by atoms with Crippen molar-refractivity contribution in [2.75, 3.05) is 13.7 Å². The van der Waals surface area contributed by atoms with Crippen molar-refractivity contribution in [2.24, 2.45) is 0 Å². The van der Waals surface area contributed by atoms with Crippen molar-refractivity contribution in [3.05, 3.63) is 12.2 Å². The van der Waals surface area contributed by atoms with E-state index in [1.807, 2.05) is 0 Å². The van der Waals surface area contributed by atoms with Crippen molar-refractivity contribution >= 4 is 35.8 Å². The van der Waals surface area contributed by atoms with Crippen LogP contribution in [-0.2, 0) is 61.9 Å². The largest absolute Gasteiger partial charge is 0.466 e. The zero-order valence-corrected chi connectivity index (χ0v) is 20.9. The van der Waals surface area contributed by atoms with Gasteiger partial charge in [0.25, 0.3) is 0 Å². The Morgan fingerprint density at radius 2 is 1.08 bits per heavy atom. The molecule has 13 heteroatoms. The average molecular weight is 516 g/mol. The quantitative estimate of drug-likeness (QED) is 0.204. The summed E-state index contributed by atoms with van der Waals surface area (Å²) < 4.78 is 36.7. The molecule has 1 saturated heterocycles. The fourth-order valence-corrected chi connectivity index (χ4v) is 2.84. The maximum Gasteiger partial charge on any atom is 0.331 e. The van der Waals surface area contributed by atoms with Crippen LogP contribution in [0.3, 0.4) is 0 Å². The summed E-state index contributed by atoms with van der Waals surface area (Å²) in [4.78, 5) is 71.8. The third-order valence-corrected chi connectivity index (χ3v) is 4.74. The van der Waals surface area contributed by atoms with E-state index in [1.165, 1.54) is 27.7 Å². The molecule has 36 heavy (non-hydrogen) atoms. The van der Waals surface area contributed by atoms with E-state index < -0.39 is 73.1 Å². The summed E-state index contributed by atoms with van der Waals surface area (Å²) in [5.74, 6) is -4.65. The molecule has 1 heterocycles. The minimum Gasteiger partial charge on any atom is -0.466 e. The Balaban J connectivity index is 3.37. The molecule has 1 aliphatic heterocycles. The fourth-order valence-electron chi connectivity index (χ4n) is 2.84. The van der Waals surface area contributed by atoms with Gasteiger partial charge in [0.1, 0.15) is 12.7 Å². The lowest BCUT2D eigenvalue weighted by Crippen LogP contribution is -2.63. The Bertz CT molecular complexity index is 834. The normalized spacial score (nSPS) is 23.3. The van der Waals surface area contributed by atoms with Gasteiger partial charge in [-0.25, -0.2) is 9.59 Å². The van der Waals surface area contributed by atoms with Gasteiger partial charge in [-0.1, -0.05) is 27.7 Å².